The van der Waals surface area contributed by atoms with Gasteiger partial charge in [-0.25, -0.2) is 0 Å². The Morgan fingerprint density at radius 1 is 1.40 bits per heavy atom. The van der Waals surface area contributed by atoms with E-state index in [0.29, 0.717) is 36.8 Å². The molecule has 1 aliphatic heterocycles. The number of aryl methyl sites for hydroxylation is 1. The Morgan fingerprint density at radius 3 is 2.96 bits per heavy atom. The Balaban J connectivity index is 1.71. The SMILES string of the molecule is Cc1nc(-c2cccc(C(=O)N3CCC[C@H](CCC(=O)O)C3)c2)no1. The molecule has 25 heavy (non-hydrogen) atoms. The molecular formula is C18H21N3O4. The summed E-state index contributed by atoms with van der Waals surface area (Å²) in [6.07, 6.45) is 2.64. The second-order valence-electron chi connectivity index (χ2n) is 6.41. The van der Waals surface area contributed by atoms with Gasteiger partial charge in [0.25, 0.3) is 5.91 Å². The minimum atomic E-state index is -0.786. The van der Waals surface area contributed by atoms with Gasteiger partial charge in [-0.05, 0) is 37.3 Å². The minimum absolute atomic E-state index is 0.0397. The Morgan fingerprint density at radius 2 is 2.24 bits per heavy atom. The van der Waals surface area contributed by atoms with E-state index in [2.05, 4.69) is 10.1 Å². The van der Waals surface area contributed by atoms with Crippen LogP contribution in [-0.4, -0.2) is 45.1 Å². The van der Waals surface area contributed by atoms with Crippen molar-refractivity contribution in [1.82, 2.24) is 15.0 Å². The molecule has 2 aromatic rings. The van der Waals surface area contributed by atoms with E-state index in [0.717, 1.165) is 18.4 Å². The van der Waals surface area contributed by atoms with Gasteiger partial charge in [-0.1, -0.05) is 17.3 Å². The lowest BCUT2D eigenvalue weighted by atomic mass is 9.93. The summed E-state index contributed by atoms with van der Waals surface area (Å²) in [7, 11) is 0. The molecule has 1 amide bonds. The van der Waals surface area contributed by atoms with Gasteiger partial charge in [-0.15, -0.1) is 0 Å². The summed E-state index contributed by atoms with van der Waals surface area (Å²) in [4.78, 5) is 29.6. The zero-order valence-electron chi connectivity index (χ0n) is 14.1. The standard InChI is InChI=1S/C18H21N3O4/c1-12-19-17(20-25-12)14-5-2-6-15(10-14)18(24)21-9-3-4-13(11-21)7-8-16(22)23/h2,5-6,10,13H,3-4,7-9,11H2,1H3,(H,22,23)/t13-/m1/s1. The summed E-state index contributed by atoms with van der Waals surface area (Å²) >= 11 is 0. The third-order valence-corrected chi connectivity index (χ3v) is 4.47. The predicted molar refractivity (Wildman–Crippen MR) is 90.0 cm³/mol. The maximum atomic E-state index is 12.8. The predicted octanol–water partition coefficient (Wildman–Crippen LogP) is 2.76. The molecule has 0 spiro atoms. The van der Waals surface area contributed by atoms with Crippen LogP contribution >= 0.6 is 0 Å². The van der Waals surface area contributed by atoms with Gasteiger partial charge in [-0.3, -0.25) is 9.59 Å². The number of hydrogen-bond donors (Lipinski definition) is 1. The molecule has 0 unspecified atom stereocenters. The van der Waals surface area contributed by atoms with Crippen LogP contribution in [0.4, 0.5) is 0 Å². The highest BCUT2D eigenvalue weighted by Gasteiger charge is 2.25. The highest BCUT2D eigenvalue weighted by molar-refractivity contribution is 5.95. The van der Waals surface area contributed by atoms with Gasteiger partial charge in [-0.2, -0.15) is 4.98 Å². The van der Waals surface area contributed by atoms with E-state index in [4.69, 9.17) is 9.63 Å². The number of hydrogen-bond acceptors (Lipinski definition) is 5. The lowest BCUT2D eigenvalue weighted by molar-refractivity contribution is -0.137. The smallest absolute Gasteiger partial charge is 0.303 e. The van der Waals surface area contributed by atoms with Crippen LogP contribution in [-0.2, 0) is 4.79 Å². The van der Waals surface area contributed by atoms with E-state index in [1.165, 1.54) is 0 Å². The average Bonchev–Trinajstić information content (AvgIpc) is 3.06. The fourth-order valence-corrected chi connectivity index (χ4v) is 3.20. The molecule has 1 atom stereocenters. The van der Waals surface area contributed by atoms with Crippen LogP contribution in [0.25, 0.3) is 11.4 Å². The normalized spacial score (nSPS) is 17.5. The van der Waals surface area contributed by atoms with Crippen molar-refractivity contribution in [2.75, 3.05) is 13.1 Å². The largest absolute Gasteiger partial charge is 0.481 e. The summed E-state index contributed by atoms with van der Waals surface area (Å²) in [6, 6.07) is 7.19. The van der Waals surface area contributed by atoms with Crippen molar-refractivity contribution in [2.45, 2.75) is 32.6 Å². The fraction of sp³-hybridized carbons (Fsp3) is 0.444. The summed E-state index contributed by atoms with van der Waals surface area (Å²) in [6.45, 7) is 3.03. The number of carboxylic acid groups (broad SMARTS) is 1. The highest BCUT2D eigenvalue weighted by atomic mass is 16.5. The molecule has 0 aliphatic carbocycles. The van der Waals surface area contributed by atoms with Crippen molar-refractivity contribution in [2.24, 2.45) is 5.92 Å². The van der Waals surface area contributed by atoms with Crippen molar-refractivity contribution in [3.8, 4) is 11.4 Å². The fourth-order valence-electron chi connectivity index (χ4n) is 3.20. The third kappa shape index (κ3) is 4.23. The summed E-state index contributed by atoms with van der Waals surface area (Å²) in [5, 5.41) is 12.7. The number of carbonyl (C=O) groups excluding carboxylic acids is 1. The second kappa shape index (κ2) is 7.46. The van der Waals surface area contributed by atoms with Gasteiger partial charge < -0.3 is 14.5 Å². The molecule has 1 fully saturated rings. The molecule has 3 rings (SSSR count). The number of carbonyl (C=O) groups is 2. The molecule has 1 aromatic heterocycles. The summed E-state index contributed by atoms with van der Waals surface area (Å²) in [5.74, 6) is 0.361. The number of aromatic nitrogens is 2. The number of piperidine rings is 1. The molecule has 7 nitrogen and oxygen atoms in total. The second-order valence-corrected chi connectivity index (χ2v) is 6.41. The van der Waals surface area contributed by atoms with E-state index < -0.39 is 5.97 Å². The molecule has 0 bridgehead atoms. The molecule has 1 aliphatic rings. The van der Waals surface area contributed by atoms with Gasteiger partial charge in [0.05, 0.1) is 0 Å². The Labute approximate surface area is 145 Å². The first-order valence-electron chi connectivity index (χ1n) is 8.45. The maximum absolute atomic E-state index is 12.8. The lowest BCUT2D eigenvalue weighted by Gasteiger charge is -2.32. The third-order valence-electron chi connectivity index (χ3n) is 4.47. The molecule has 7 heteroatoms. The van der Waals surface area contributed by atoms with Crippen molar-refractivity contribution in [3.05, 3.63) is 35.7 Å². The number of amides is 1. The number of nitrogens with zero attached hydrogens (tertiary/aromatic N) is 3. The monoisotopic (exact) mass is 343 g/mol. The number of likely N-dealkylation sites (tertiary alicyclic amines) is 1. The van der Waals surface area contributed by atoms with E-state index in [-0.39, 0.29) is 18.2 Å². The van der Waals surface area contributed by atoms with E-state index in [1.54, 1.807) is 25.1 Å². The average molecular weight is 343 g/mol. The van der Waals surface area contributed by atoms with Crippen LogP contribution in [0.2, 0.25) is 0 Å². The first kappa shape index (κ1) is 17.1. The first-order chi connectivity index (χ1) is 12.0. The van der Waals surface area contributed by atoms with Gasteiger partial charge >= 0.3 is 5.97 Å². The van der Waals surface area contributed by atoms with Crippen molar-refractivity contribution in [3.63, 3.8) is 0 Å². The lowest BCUT2D eigenvalue weighted by Crippen LogP contribution is -2.40. The van der Waals surface area contributed by atoms with Gasteiger partial charge in [0.1, 0.15) is 0 Å². The van der Waals surface area contributed by atoms with Crippen LogP contribution in [0, 0.1) is 12.8 Å². The van der Waals surface area contributed by atoms with E-state index in [1.807, 2.05) is 11.0 Å². The quantitative estimate of drug-likeness (QED) is 0.896. The van der Waals surface area contributed by atoms with E-state index in [9.17, 15) is 9.59 Å². The molecule has 1 N–H and O–H groups in total. The Hall–Kier alpha value is -2.70. The van der Waals surface area contributed by atoms with Gasteiger partial charge in [0, 0.05) is 37.6 Å². The van der Waals surface area contributed by atoms with Crippen LogP contribution in [0.1, 0.15) is 41.9 Å². The van der Waals surface area contributed by atoms with Crippen molar-refractivity contribution >= 4 is 11.9 Å². The minimum Gasteiger partial charge on any atom is -0.481 e. The van der Waals surface area contributed by atoms with Crippen LogP contribution in [0.5, 0.6) is 0 Å². The topological polar surface area (TPSA) is 96.5 Å². The molecule has 0 saturated carbocycles. The number of rotatable bonds is 5. The molecule has 1 saturated heterocycles. The first-order valence-corrected chi connectivity index (χ1v) is 8.45. The molecule has 1 aromatic carbocycles. The number of benzene rings is 1. The van der Waals surface area contributed by atoms with Gasteiger partial charge in [0.2, 0.25) is 11.7 Å². The van der Waals surface area contributed by atoms with Crippen LogP contribution < -0.4 is 0 Å². The van der Waals surface area contributed by atoms with Crippen LogP contribution in [0.3, 0.4) is 0 Å². The molecular weight excluding hydrogens is 322 g/mol. The summed E-state index contributed by atoms with van der Waals surface area (Å²) in [5.41, 5.74) is 1.32. The molecule has 0 radical (unpaired) electrons. The Bertz CT molecular complexity index is 771. The number of aliphatic carboxylic acids is 1. The highest BCUT2D eigenvalue weighted by Crippen LogP contribution is 2.24. The van der Waals surface area contributed by atoms with Crippen LogP contribution in [0.15, 0.2) is 28.8 Å². The zero-order chi connectivity index (χ0) is 17.8. The summed E-state index contributed by atoms with van der Waals surface area (Å²) < 4.78 is 4.99. The number of carboxylic acids is 1. The molecule has 132 valence electrons. The van der Waals surface area contributed by atoms with E-state index >= 15 is 0 Å². The zero-order valence-corrected chi connectivity index (χ0v) is 14.1. The van der Waals surface area contributed by atoms with Crippen molar-refractivity contribution < 1.29 is 19.2 Å². The Kier molecular flexibility index (Phi) is 5.11. The molecule has 2 heterocycles. The van der Waals surface area contributed by atoms with Gasteiger partial charge in [0.15, 0.2) is 0 Å². The van der Waals surface area contributed by atoms with Crippen molar-refractivity contribution in [1.29, 1.82) is 0 Å². The maximum Gasteiger partial charge on any atom is 0.303 e.